The molecule has 0 aliphatic carbocycles. The van der Waals surface area contributed by atoms with E-state index in [0.29, 0.717) is 17.8 Å². The molecule has 0 radical (unpaired) electrons. The van der Waals surface area contributed by atoms with Crippen LogP contribution in [0.25, 0.3) is 0 Å². The second-order valence-corrected chi connectivity index (χ2v) is 8.06. The summed E-state index contributed by atoms with van der Waals surface area (Å²) in [5.74, 6) is -0.625. The van der Waals surface area contributed by atoms with Crippen LogP contribution in [-0.4, -0.2) is 20.1 Å². The zero-order valence-electron chi connectivity index (χ0n) is 15.0. The summed E-state index contributed by atoms with van der Waals surface area (Å²) in [5, 5.41) is 2.80. The molecule has 2 rings (SSSR count). The molecule has 4 N–H and O–H groups in total. The number of carbonyl (C=O) groups excluding carboxylic acids is 1. The molecule has 1 amide bonds. The fourth-order valence-electron chi connectivity index (χ4n) is 2.54. The molecule has 0 heterocycles. The van der Waals surface area contributed by atoms with Gasteiger partial charge in [-0.25, -0.2) is 8.42 Å². The van der Waals surface area contributed by atoms with E-state index in [2.05, 4.69) is 10.0 Å². The van der Waals surface area contributed by atoms with Gasteiger partial charge in [0.25, 0.3) is 0 Å². The summed E-state index contributed by atoms with van der Waals surface area (Å²) in [6.45, 7) is 3.56. The molecule has 0 bridgehead atoms. The zero-order chi connectivity index (χ0) is 19.2. The lowest BCUT2D eigenvalue weighted by atomic mass is 9.94. The molecule has 0 spiro atoms. The van der Waals surface area contributed by atoms with Crippen LogP contribution in [0.2, 0.25) is 0 Å². The highest BCUT2D eigenvalue weighted by Gasteiger charge is 2.22. The number of hydrogen-bond donors (Lipinski definition) is 3. The Morgan fingerprint density at radius 2 is 1.73 bits per heavy atom. The lowest BCUT2D eigenvalue weighted by Gasteiger charge is -2.20. The molecular weight excluding hydrogens is 350 g/mol. The second-order valence-electron chi connectivity index (χ2n) is 6.22. The highest BCUT2D eigenvalue weighted by molar-refractivity contribution is 7.92. The van der Waals surface area contributed by atoms with Crippen LogP contribution >= 0.6 is 0 Å². The van der Waals surface area contributed by atoms with Crippen molar-refractivity contribution in [3.63, 3.8) is 0 Å². The van der Waals surface area contributed by atoms with Gasteiger partial charge in [-0.15, -0.1) is 0 Å². The Morgan fingerprint density at radius 1 is 1.08 bits per heavy atom. The van der Waals surface area contributed by atoms with Gasteiger partial charge in [0.2, 0.25) is 15.9 Å². The molecule has 7 heteroatoms. The van der Waals surface area contributed by atoms with Crippen LogP contribution in [0, 0.1) is 5.92 Å². The minimum Gasteiger partial charge on any atom is -0.326 e. The van der Waals surface area contributed by atoms with Crippen LogP contribution in [0.1, 0.15) is 31.9 Å². The van der Waals surface area contributed by atoms with Gasteiger partial charge in [0.15, 0.2) is 0 Å². The average Bonchev–Trinajstić information content (AvgIpc) is 2.61. The van der Waals surface area contributed by atoms with Crippen molar-refractivity contribution in [2.75, 3.05) is 15.8 Å². The fraction of sp³-hybridized carbons (Fsp3) is 0.316. The largest absolute Gasteiger partial charge is 0.326 e. The van der Waals surface area contributed by atoms with Crippen molar-refractivity contribution in [2.45, 2.75) is 26.3 Å². The third-order valence-corrected chi connectivity index (χ3v) is 5.51. The highest BCUT2D eigenvalue weighted by Crippen LogP contribution is 2.22. The van der Waals surface area contributed by atoms with E-state index in [0.717, 1.165) is 5.56 Å². The van der Waals surface area contributed by atoms with Crippen molar-refractivity contribution < 1.29 is 13.2 Å². The van der Waals surface area contributed by atoms with Gasteiger partial charge in [0.05, 0.1) is 17.4 Å². The van der Waals surface area contributed by atoms with E-state index in [1.54, 1.807) is 38.1 Å². The van der Waals surface area contributed by atoms with E-state index in [4.69, 9.17) is 5.73 Å². The number of nitrogens with one attached hydrogen (secondary N) is 2. The first-order valence-corrected chi connectivity index (χ1v) is 10.2. The molecular formula is C19H25N3O3S. The van der Waals surface area contributed by atoms with E-state index in [1.807, 2.05) is 30.3 Å². The maximum absolute atomic E-state index is 12.5. The number of anilines is 2. The van der Waals surface area contributed by atoms with Crippen molar-refractivity contribution in [3.05, 3.63) is 60.2 Å². The number of benzene rings is 2. The lowest BCUT2D eigenvalue weighted by molar-refractivity contribution is -0.120. The molecule has 0 saturated heterocycles. The SMILES string of the molecule is CCCS(=O)(=O)Nc1cccc(NC(=O)C(C)C(N)c2ccccc2)c1. The maximum Gasteiger partial charge on any atom is 0.232 e. The second kappa shape index (κ2) is 8.82. The van der Waals surface area contributed by atoms with E-state index < -0.39 is 22.0 Å². The number of nitrogens with two attached hydrogens (primary N) is 1. The van der Waals surface area contributed by atoms with Gasteiger partial charge in [0, 0.05) is 11.7 Å². The van der Waals surface area contributed by atoms with Gasteiger partial charge in [-0.3, -0.25) is 9.52 Å². The number of hydrogen-bond acceptors (Lipinski definition) is 4. The summed E-state index contributed by atoms with van der Waals surface area (Å²) in [6.07, 6.45) is 0.528. The molecule has 2 atom stereocenters. The van der Waals surface area contributed by atoms with E-state index >= 15 is 0 Å². The zero-order valence-corrected chi connectivity index (χ0v) is 15.8. The first-order chi connectivity index (χ1) is 12.3. The lowest BCUT2D eigenvalue weighted by Crippen LogP contribution is -2.30. The van der Waals surface area contributed by atoms with Crippen LogP contribution < -0.4 is 15.8 Å². The van der Waals surface area contributed by atoms with Crippen LogP contribution in [0.5, 0.6) is 0 Å². The maximum atomic E-state index is 12.5. The normalized spacial score (nSPS) is 13.7. The van der Waals surface area contributed by atoms with Gasteiger partial charge in [0.1, 0.15) is 0 Å². The predicted octanol–water partition coefficient (Wildman–Crippen LogP) is 3.11. The van der Waals surface area contributed by atoms with Gasteiger partial charge in [-0.2, -0.15) is 0 Å². The number of amides is 1. The summed E-state index contributed by atoms with van der Waals surface area (Å²) in [6, 6.07) is 15.6. The van der Waals surface area contributed by atoms with Crippen molar-refractivity contribution in [1.29, 1.82) is 0 Å². The molecule has 6 nitrogen and oxygen atoms in total. The predicted molar refractivity (Wildman–Crippen MR) is 105 cm³/mol. The monoisotopic (exact) mass is 375 g/mol. The minimum absolute atomic E-state index is 0.0482. The Labute approximate surface area is 154 Å². The van der Waals surface area contributed by atoms with E-state index in [1.165, 1.54) is 0 Å². The van der Waals surface area contributed by atoms with Gasteiger partial charge in [-0.05, 0) is 30.2 Å². The van der Waals surface area contributed by atoms with Gasteiger partial charge in [-0.1, -0.05) is 50.2 Å². The average molecular weight is 375 g/mol. The van der Waals surface area contributed by atoms with E-state index in [-0.39, 0.29) is 11.7 Å². The standard InChI is InChI=1S/C19H25N3O3S/c1-3-12-26(24,25)22-17-11-7-10-16(13-17)21-19(23)14(2)18(20)15-8-5-4-6-9-15/h4-11,13-14,18,22H,3,12,20H2,1-2H3,(H,21,23). The highest BCUT2D eigenvalue weighted by atomic mass is 32.2. The summed E-state index contributed by atoms with van der Waals surface area (Å²) in [5.41, 5.74) is 8.00. The smallest absolute Gasteiger partial charge is 0.232 e. The number of carbonyl (C=O) groups is 1. The minimum atomic E-state index is -3.38. The quantitative estimate of drug-likeness (QED) is 0.660. The Balaban J connectivity index is 2.06. The summed E-state index contributed by atoms with van der Waals surface area (Å²) < 4.78 is 26.3. The van der Waals surface area contributed by atoms with Crippen LogP contribution in [0.15, 0.2) is 54.6 Å². The summed E-state index contributed by atoms with van der Waals surface area (Å²) in [7, 11) is -3.38. The van der Waals surface area contributed by atoms with Crippen LogP contribution in [0.4, 0.5) is 11.4 Å². The molecule has 0 aromatic heterocycles. The third kappa shape index (κ3) is 5.57. The third-order valence-electron chi connectivity index (χ3n) is 4.01. The van der Waals surface area contributed by atoms with Crippen molar-refractivity contribution in [2.24, 2.45) is 11.7 Å². The Morgan fingerprint density at radius 3 is 2.38 bits per heavy atom. The molecule has 140 valence electrons. The Kier molecular flexibility index (Phi) is 6.76. The van der Waals surface area contributed by atoms with Crippen molar-refractivity contribution in [1.82, 2.24) is 0 Å². The number of sulfonamides is 1. The summed E-state index contributed by atoms with van der Waals surface area (Å²) in [4.78, 5) is 12.5. The Bertz CT molecular complexity index is 838. The van der Waals surface area contributed by atoms with Crippen molar-refractivity contribution >= 4 is 27.3 Å². The molecule has 0 aliphatic heterocycles. The Hall–Kier alpha value is -2.38. The number of rotatable bonds is 8. The van der Waals surface area contributed by atoms with Crippen LogP contribution in [-0.2, 0) is 14.8 Å². The first-order valence-electron chi connectivity index (χ1n) is 8.54. The molecule has 2 aromatic carbocycles. The fourth-order valence-corrected chi connectivity index (χ4v) is 3.67. The summed E-state index contributed by atoms with van der Waals surface area (Å²) >= 11 is 0. The van der Waals surface area contributed by atoms with E-state index in [9.17, 15) is 13.2 Å². The molecule has 26 heavy (non-hydrogen) atoms. The molecule has 0 fully saturated rings. The molecule has 2 aromatic rings. The van der Waals surface area contributed by atoms with Crippen LogP contribution in [0.3, 0.4) is 0 Å². The van der Waals surface area contributed by atoms with Crippen molar-refractivity contribution in [3.8, 4) is 0 Å². The molecule has 2 unspecified atom stereocenters. The topological polar surface area (TPSA) is 101 Å². The van der Waals surface area contributed by atoms with Gasteiger partial charge >= 0.3 is 0 Å². The van der Waals surface area contributed by atoms with Gasteiger partial charge < -0.3 is 11.1 Å². The first kappa shape index (κ1) is 19.9. The molecule has 0 aliphatic rings. The molecule has 0 saturated carbocycles.